The standard InChI is InChI=1S/C16H11F2NO3/c1-10-2-3-12(8-15(10)19(21)22)16(20)7-5-11-4-6-13(17)9-14(11)18/h2-9H,1H3/b7-5+. The fourth-order valence-corrected chi connectivity index (χ4v) is 1.86. The zero-order chi connectivity index (χ0) is 16.3. The van der Waals surface area contributed by atoms with E-state index in [1.807, 2.05) is 0 Å². The molecule has 2 aromatic rings. The van der Waals surface area contributed by atoms with Gasteiger partial charge in [-0.1, -0.05) is 12.1 Å². The fourth-order valence-electron chi connectivity index (χ4n) is 1.86. The molecule has 0 atom stereocenters. The Kier molecular flexibility index (Phi) is 4.41. The van der Waals surface area contributed by atoms with Gasteiger partial charge in [-0.3, -0.25) is 14.9 Å². The first-order valence-corrected chi connectivity index (χ1v) is 6.31. The first-order chi connectivity index (χ1) is 10.4. The van der Waals surface area contributed by atoms with Gasteiger partial charge in [0.2, 0.25) is 0 Å². The average molecular weight is 303 g/mol. The number of hydrogen-bond acceptors (Lipinski definition) is 3. The topological polar surface area (TPSA) is 60.2 Å². The highest BCUT2D eigenvalue weighted by atomic mass is 19.1. The Morgan fingerprint density at radius 1 is 1.18 bits per heavy atom. The Balaban J connectivity index is 2.27. The normalized spacial score (nSPS) is 10.9. The molecule has 0 amide bonds. The number of rotatable bonds is 4. The monoisotopic (exact) mass is 303 g/mol. The molecule has 0 unspecified atom stereocenters. The molecule has 0 aliphatic heterocycles. The summed E-state index contributed by atoms with van der Waals surface area (Å²) in [5, 5.41) is 10.8. The Hall–Kier alpha value is -2.89. The molecular weight excluding hydrogens is 292 g/mol. The lowest BCUT2D eigenvalue weighted by Crippen LogP contribution is -1.98. The third kappa shape index (κ3) is 3.41. The number of benzene rings is 2. The molecule has 6 heteroatoms. The molecule has 0 bridgehead atoms. The van der Waals surface area contributed by atoms with Crippen molar-refractivity contribution in [1.29, 1.82) is 0 Å². The number of ketones is 1. The number of nitro groups is 1. The van der Waals surface area contributed by atoms with Crippen LogP contribution in [0.25, 0.3) is 6.08 Å². The predicted octanol–water partition coefficient (Wildman–Crippen LogP) is 4.08. The zero-order valence-corrected chi connectivity index (χ0v) is 11.5. The first-order valence-electron chi connectivity index (χ1n) is 6.31. The van der Waals surface area contributed by atoms with Crippen LogP contribution in [0.3, 0.4) is 0 Å². The van der Waals surface area contributed by atoms with Crippen LogP contribution in [0.4, 0.5) is 14.5 Å². The maximum Gasteiger partial charge on any atom is 0.273 e. The molecule has 0 saturated carbocycles. The quantitative estimate of drug-likeness (QED) is 0.370. The van der Waals surface area contributed by atoms with Gasteiger partial charge in [0.1, 0.15) is 11.6 Å². The molecule has 2 rings (SSSR count). The number of halogens is 2. The van der Waals surface area contributed by atoms with Crippen LogP contribution >= 0.6 is 0 Å². The van der Waals surface area contributed by atoms with Crippen molar-refractivity contribution in [3.8, 4) is 0 Å². The molecule has 0 radical (unpaired) electrons. The highest BCUT2D eigenvalue weighted by Crippen LogP contribution is 2.20. The third-order valence-electron chi connectivity index (χ3n) is 3.07. The maximum absolute atomic E-state index is 13.4. The number of hydrogen-bond donors (Lipinski definition) is 0. The number of nitrogens with zero attached hydrogens (tertiary/aromatic N) is 1. The minimum atomic E-state index is -0.793. The smallest absolute Gasteiger partial charge is 0.273 e. The van der Waals surface area contributed by atoms with Crippen molar-refractivity contribution in [3.63, 3.8) is 0 Å². The molecule has 4 nitrogen and oxygen atoms in total. The van der Waals surface area contributed by atoms with Crippen molar-refractivity contribution in [2.24, 2.45) is 0 Å². The van der Waals surface area contributed by atoms with Crippen LogP contribution in [0, 0.1) is 28.7 Å². The van der Waals surface area contributed by atoms with E-state index in [0.29, 0.717) is 11.6 Å². The molecule has 0 aliphatic rings. The van der Waals surface area contributed by atoms with Crippen molar-refractivity contribution in [2.45, 2.75) is 6.92 Å². The van der Waals surface area contributed by atoms with Crippen LogP contribution in [0.1, 0.15) is 21.5 Å². The van der Waals surface area contributed by atoms with E-state index in [4.69, 9.17) is 0 Å². The summed E-state index contributed by atoms with van der Waals surface area (Å²) in [7, 11) is 0. The summed E-state index contributed by atoms with van der Waals surface area (Å²) < 4.78 is 26.2. The fraction of sp³-hybridized carbons (Fsp3) is 0.0625. The van der Waals surface area contributed by atoms with Gasteiger partial charge in [0, 0.05) is 28.8 Å². The van der Waals surface area contributed by atoms with Crippen LogP contribution in [-0.2, 0) is 0 Å². The number of allylic oxidation sites excluding steroid dienone is 1. The van der Waals surface area contributed by atoms with Gasteiger partial charge in [-0.2, -0.15) is 0 Å². The molecule has 0 N–H and O–H groups in total. The van der Waals surface area contributed by atoms with E-state index in [0.717, 1.165) is 12.1 Å². The lowest BCUT2D eigenvalue weighted by molar-refractivity contribution is -0.385. The second-order valence-corrected chi connectivity index (χ2v) is 4.62. The predicted molar refractivity (Wildman–Crippen MR) is 77.6 cm³/mol. The van der Waals surface area contributed by atoms with Gasteiger partial charge in [-0.15, -0.1) is 0 Å². The molecule has 22 heavy (non-hydrogen) atoms. The minimum Gasteiger partial charge on any atom is -0.289 e. The van der Waals surface area contributed by atoms with E-state index in [1.165, 1.54) is 30.3 Å². The molecular formula is C16H11F2NO3. The van der Waals surface area contributed by atoms with Crippen molar-refractivity contribution in [1.82, 2.24) is 0 Å². The summed E-state index contributed by atoms with van der Waals surface area (Å²) in [6, 6.07) is 7.08. The van der Waals surface area contributed by atoms with E-state index in [2.05, 4.69) is 0 Å². The van der Waals surface area contributed by atoms with Gasteiger partial charge in [-0.05, 0) is 31.2 Å². The molecule has 0 fully saturated rings. The SMILES string of the molecule is Cc1ccc(C(=O)/C=C/c2ccc(F)cc2F)cc1[N+](=O)[O-]. The molecule has 112 valence electrons. The largest absolute Gasteiger partial charge is 0.289 e. The van der Waals surface area contributed by atoms with E-state index in [9.17, 15) is 23.7 Å². The number of carbonyl (C=O) groups excluding carboxylic acids is 1. The van der Waals surface area contributed by atoms with Crippen molar-refractivity contribution in [2.75, 3.05) is 0 Å². The van der Waals surface area contributed by atoms with Crippen molar-refractivity contribution >= 4 is 17.5 Å². The Bertz CT molecular complexity index is 785. The lowest BCUT2D eigenvalue weighted by Gasteiger charge is -2.00. The molecule has 0 spiro atoms. The average Bonchev–Trinajstić information content (AvgIpc) is 2.46. The Morgan fingerprint density at radius 2 is 1.91 bits per heavy atom. The van der Waals surface area contributed by atoms with E-state index in [1.54, 1.807) is 6.92 Å². The van der Waals surface area contributed by atoms with E-state index < -0.39 is 22.3 Å². The molecule has 2 aromatic carbocycles. The van der Waals surface area contributed by atoms with Gasteiger partial charge < -0.3 is 0 Å². The highest BCUT2D eigenvalue weighted by molar-refractivity contribution is 6.07. The van der Waals surface area contributed by atoms with Crippen LogP contribution in [0.15, 0.2) is 42.5 Å². The van der Waals surface area contributed by atoms with Crippen LogP contribution in [0.2, 0.25) is 0 Å². The Morgan fingerprint density at radius 3 is 2.55 bits per heavy atom. The summed E-state index contributed by atoms with van der Waals surface area (Å²) in [4.78, 5) is 22.2. The Labute approximate surface area is 124 Å². The number of aryl methyl sites for hydroxylation is 1. The minimum absolute atomic E-state index is 0.0522. The van der Waals surface area contributed by atoms with E-state index in [-0.39, 0.29) is 16.8 Å². The number of carbonyl (C=O) groups is 1. The van der Waals surface area contributed by atoms with Crippen molar-refractivity contribution in [3.05, 3.63) is 80.9 Å². The zero-order valence-electron chi connectivity index (χ0n) is 11.5. The molecule has 0 aromatic heterocycles. The second-order valence-electron chi connectivity index (χ2n) is 4.62. The van der Waals surface area contributed by atoms with Gasteiger partial charge >= 0.3 is 0 Å². The van der Waals surface area contributed by atoms with Gasteiger partial charge in [-0.25, -0.2) is 8.78 Å². The number of nitro benzene ring substituents is 1. The van der Waals surface area contributed by atoms with Gasteiger partial charge in [0.05, 0.1) is 4.92 Å². The summed E-state index contributed by atoms with van der Waals surface area (Å²) in [6.45, 7) is 1.57. The molecule has 0 aliphatic carbocycles. The second kappa shape index (κ2) is 6.26. The first kappa shape index (κ1) is 15.5. The third-order valence-corrected chi connectivity index (χ3v) is 3.07. The maximum atomic E-state index is 13.4. The van der Waals surface area contributed by atoms with Crippen LogP contribution in [0.5, 0.6) is 0 Å². The summed E-state index contributed by atoms with van der Waals surface area (Å²) in [5.74, 6) is -2.01. The van der Waals surface area contributed by atoms with Crippen LogP contribution in [-0.4, -0.2) is 10.7 Å². The lowest BCUT2D eigenvalue weighted by atomic mass is 10.1. The summed E-state index contributed by atoms with van der Waals surface area (Å²) in [5.41, 5.74) is 0.453. The molecule has 0 saturated heterocycles. The van der Waals surface area contributed by atoms with Crippen molar-refractivity contribution < 1.29 is 18.5 Å². The van der Waals surface area contributed by atoms with Crippen LogP contribution < -0.4 is 0 Å². The summed E-state index contributed by atoms with van der Waals surface area (Å²) in [6.07, 6.45) is 2.29. The van der Waals surface area contributed by atoms with Gasteiger partial charge in [0.25, 0.3) is 5.69 Å². The highest BCUT2D eigenvalue weighted by Gasteiger charge is 2.13. The van der Waals surface area contributed by atoms with Gasteiger partial charge in [0.15, 0.2) is 5.78 Å². The summed E-state index contributed by atoms with van der Waals surface area (Å²) >= 11 is 0. The molecule has 0 heterocycles. The van der Waals surface area contributed by atoms with E-state index >= 15 is 0 Å².